The van der Waals surface area contributed by atoms with E-state index in [1.807, 2.05) is 30.3 Å². The van der Waals surface area contributed by atoms with E-state index < -0.39 is 10.0 Å². The minimum absolute atomic E-state index is 0.00261. The quantitative estimate of drug-likeness (QED) is 0.399. The van der Waals surface area contributed by atoms with Gasteiger partial charge in [-0.2, -0.15) is 14.1 Å². The molecule has 2 aromatic carbocycles. The maximum absolute atomic E-state index is 13.4. The zero-order valence-electron chi connectivity index (χ0n) is 19.2. The summed E-state index contributed by atoms with van der Waals surface area (Å²) in [5.41, 5.74) is 2.39. The van der Waals surface area contributed by atoms with Gasteiger partial charge >= 0.3 is 0 Å². The van der Waals surface area contributed by atoms with Gasteiger partial charge in [-0.15, -0.1) is 0 Å². The van der Waals surface area contributed by atoms with Gasteiger partial charge in [0.2, 0.25) is 10.0 Å². The molecule has 10 heteroatoms. The molecule has 0 amide bonds. The number of hydrogen-bond acceptors (Lipinski definition) is 7. The van der Waals surface area contributed by atoms with Crippen LogP contribution in [0.2, 0.25) is 0 Å². The highest BCUT2D eigenvalue weighted by atomic mass is 32.2. The Labute approximate surface area is 197 Å². The number of ether oxygens (including phenoxy) is 1. The Morgan fingerprint density at radius 2 is 1.79 bits per heavy atom. The van der Waals surface area contributed by atoms with Crippen molar-refractivity contribution < 1.29 is 17.7 Å². The summed E-state index contributed by atoms with van der Waals surface area (Å²) in [5.74, 6) is 0.660. The molecule has 0 aliphatic rings. The van der Waals surface area contributed by atoms with E-state index in [0.717, 1.165) is 5.56 Å². The van der Waals surface area contributed by atoms with Crippen LogP contribution < -0.4 is 10.3 Å². The van der Waals surface area contributed by atoms with Crippen molar-refractivity contribution in [3.05, 3.63) is 88.0 Å². The van der Waals surface area contributed by atoms with Crippen LogP contribution in [0, 0.1) is 13.8 Å². The lowest BCUT2D eigenvalue weighted by Gasteiger charge is -2.19. The number of aryl methyl sites for hydroxylation is 2. The molecule has 4 rings (SSSR count). The van der Waals surface area contributed by atoms with Crippen molar-refractivity contribution in [1.29, 1.82) is 0 Å². The summed E-state index contributed by atoms with van der Waals surface area (Å²) in [6.45, 7) is 3.61. The normalized spacial score (nSPS) is 11.7. The second kappa shape index (κ2) is 9.24. The van der Waals surface area contributed by atoms with Gasteiger partial charge in [-0.3, -0.25) is 4.79 Å². The second-order valence-corrected chi connectivity index (χ2v) is 9.77. The lowest BCUT2D eigenvalue weighted by molar-refractivity contribution is 0.392. The molecule has 0 bridgehead atoms. The van der Waals surface area contributed by atoms with E-state index in [1.165, 1.54) is 35.3 Å². The summed E-state index contributed by atoms with van der Waals surface area (Å²) in [6.07, 6.45) is 0. The summed E-state index contributed by atoms with van der Waals surface area (Å²) >= 11 is 0. The Morgan fingerprint density at radius 1 is 1.06 bits per heavy atom. The van der Waals surface area contributed by atoms with Gasteiger partial charge in [0.15, 0.2) is 5.76 Å². The molecule has 0 N–H and O–H groups in total. The van der Waals surface area contributed by atoms with Gasteiger partial charge in [-0.25, -0.2) is 8.42 Å². The molecule has 0 fully saturated rings. The molecular formula is C24H24N4O5S. The first-order chi connectivity index (χ1) is 16.2. The Balaban J connectivity index is 1.78. The molecule has 176 valence electrons. The van der Waals surface area contributed by atoms with Crippen LogP contribution in [-0.4, -0.2) is 41.8 Å². The largest absolute Gasteiger partial charge is 0.495 e. The molecule has 9 nitrogen and oxygen atoms in total. The van der Waals surface area contributed by atoms with E-state index in [2.05, 4.69) is 10.3 Å². The predicted molar refractivity (Wildman–Crippen MR) is 126 cm³/mol. The van der Waals surface area contributed by atoms with Crippen molar-refractivity contribution in [2.24, 2.45) is 0 Å². The van der Waals surface area contributed by atoms with Crippen LogP contribution >= 0.6 is 0 Å². The van der Waals surface area contributed by atoms with Crippen LogP contribution in [0.4, 0.5) is 0 Å². The number of hydrogen-bond donors (Lipinski definition) is 0. The Bertz CT molecular complexity index is 1470. The van der Waals surface area contributed by atoms with Gasteiger partial charge in [0.25, 0.3) is 5.56 Å². The Kier molecular flexibility index (Phi) is 6.36. The first-order valence-corrected chi connectivity index (χ1v) is 11.9. The van der Waals surface area contributed by atoms with Crippen LogP contribution in [0.3, 0.4) is 0 Å². The van der Waals surface area contributed by atoms with Crippen molar-refractivity contribution >= 4 is 10.0 Å². The van der Waals surface area contributed by atoms with Crippen LogP contribution in [0.15, 0.2) is 74.9 Å². The standard InChI is InChI=1S/C24H24N4O5S/c1-16-24(17(2)33-26-16)28-23(29)13-11-20(25-28)19-10-12-21(32-4)22(14-19)34(30,31)27(3)15-18-8-6-5-7-9-18/h5-14H,15H2,1-4H3. The Morgan fingerprint density at radius 3 is 2.44 bits per heavy atom. The molecule has 0 spiro atoms. The minimum Gasteiger partial charge on any atom is -0.495 e. The van der Waals surface area contributed by atoms with E-state index >= 15 is 0 Å². The lowest BCUT2D eigenvalue weighted by Crippen LogP contribution is -2.27. The zero-order chi connectivity index (χ0) is 24.5. The van der Waals surface area contributed by atoms with Gasteiger partial charge in [-0.1, -0.05) is 35.5 Å². The van der Waals surface area contributed by atoms with Gasteiger partial charge in [0.1, 0.15) is 22.0 Å². The van der Waals surface area contributed by atoms with E-state index in [0.29, 0.717) is 28.4 Å². The third-order valence-corrected chi connectivity index (χ3v) is 7.23. The van der Waals surface area contributed by atoms with Crippen molar-refractivity contribution in [3.8, 4) is 22.7 Å². The van der Waals surface area contributed by atoms with E-state index in [1.54, 1.807) is 32.0 Å². The van der Waals surface area contributed by atoms with E-state index in [4.69, 9.17) is 9.26 Å². The second-order valence-electron chi connectivity index (χ2n) is 7.75. The van der Waals surface area contributed by atoms with Crippen molar-refractivity contribution in [3.63, 3.8) is 0 Å². The average molecular weight is 481 g/mol. The third kappa shape index (κ3) is 4.37. The lowest BCUT2D eigenvalue weighted by atomic mass is 10.1. The number of sulfonamides is 1. The first-order valence-electron chi connectivity index (χ1n) is 10.4. The molecule has 0 aliphatic heterocycles. The fourth-order valence-electron chi connectivity index (χ4n) is 3.64. The maximum Gasteiger partial charge on any atom is 0.271 e. The summed E-state index contributed by atoms with van der Waals surface area (Å²) in [6, 6.07) is 17.0. The number of methoxy groups -OCH3 is 1. The van der Waals surface area contributed by atoms with Crippen molar-refractivity contribution in [2.75, 3.05) is 14.2 Å². The number of rotatable bonds is 7. The van der Waals surface area contributed by atoms with Crippen LogP contribution in [0.5, 0.6) is 5.75 Å². The minimum atomic E-state index is -3.90. The molecular weight excluding hydrogens is 456 g/mol. The fourth-order valence-corrected chi connectivity index (χ4v) is 4.97. The van der Waals surface area contributed by atoms with Crippen LogP contribution in [-0.2, 0) is 16.6 Å². The molecule has 2 heterocycles. The molecule has 0 aliphatic carbocycles. The summed E-state index contributed by atoms with van der Waals surface area (Å²) in [4.78, 5) is 12.5. The molecule has 2 aromatic heterocycles. The average Bonchev–Trinajstić information content (AvgIpc) is 3.17. The SMILES string of the molecule is COc1ccc(-c2ccc(=O)n(-c3c(C)noc3C)n2)cc1S(=O)(=O)N(C)Cc1ccccc1. The highest BCUT2D eigenvalue weighted by Gasteiger charge is 2.26. The monoisotopic (exact) mass is 480 g/mol. The van der Waals surface area contributed by atoms with Gasteiger partial charge in [-0.05, 0) is 43.7 Å². The van der Waals surface area contributed by atoms with Gasteiger partial charge < -0.3 is 9.26 Å². The molecule has 0 radical (unpaired) electrons. The van der Waals surface area contributed by atoms with Crippen LogP contribution in [0.25, 0.3) is 16.9 Å². The van der Waals surface area contributed by atoms with Gasteiger partial charge in [0, 0.05) is 25.2 Å². The van der Waals surface area contributed by atoms with E-state index in [9.17, 15) is 13.2 Å². The molecule has 34 heavy (non-hydrogen) atoms. The van der Waals surface area contributed by atoms with Crippen molar-refractivity contribution in [2.45, 2.75) is 25.3 Å². The maximum atomic E-state index is 13.4. The first kappa shape index (κ1) is 23.4. The molecule has 4 aromatic rings. The summed E-state index contributed by atoms with van der Waals surface area (Å²) in [7, 11) is -0.962. The highest BCUT2D eigenvalue weighted by molar-refractivity contribution is 7.89. The van der Waals surface area contributed by atoms with E-state index in [-0.39, 0.29) is 22.7 Å². The summed E-state index contributed by atoms with van der Waals surface area (Å²) in [5, 5.41) is 8.34. The van der Waals surface area contributed by atoms with Crippen LogP contribution in [0.1, 0.15) is 17.0 Å². The number of nitrogens with zero attached hydrogens (tertiary/aromatic N) is 4. The number of aromatic nitrogens is 3. The number of benzene rings is 2. The fraction of sp³-hybridized carbons (Fsp3) is 0.208. The van der Waals surface area contributed by atoms with Crippen molar-refractivity contribution in [1.82, 2.24) is 19.2 Å². The highest BCUT2D eigenvalue weighted by Crippen LogP contribution is 2.31. The smallest absolute Gasteiger partial charge is 0.271 e. The topological polar surface area (TPSA) is 108 Å². The Hall–Kier alpha value is -3.76. The molecule has 0 unspecified atom stereocenters. The third-order valence-electron chi connectivity index (χ3n) is 5.40. The molecule has 0 saturated carbocycles. The summed E-state index contributed by atoms with van der Waals surface area (Å²) < 4.78 is 39.9. The molecule has 0 atom stereocenters. The molecule has 0 saturated heterocycles. The zero-order valence-corrected chi connectivity index (χ0v) is 20.0. The predicted octanol–water partition coefficient (Wildman–Crippen LogP) is 3.33. The van der Waals surface area contributed by atoms with Gasteiger partial charge in [0.05, 0.1) is 12.8 Å².